The lowest BCUT2D eigenvalue weighted by Gasteiger charge is -2.16. The summed E-state index contributed by atoms with van der Waals surface area (Å²) in [6.45, 7) is 5.35. The maximum Gasteiger partial charge on any atom is 0.241 e. The number of benzene rings is 1. The van der Waals surface area contributed by atoms with Crippen molar-refractivity contribution in [3.8, 4) is 0 Å². The largest absolute Gasteiger partial charge is 0.392 e. The Kier molecular flexibility index (Phi) is 6.51. The van der Waals surface area contributed by atoms with Crippen LogP contribution in [0.5, 0.6) is 0 Å². The number of thioether (sulfide) groups is 1. The average Bonchev–Trinajstić information content (AvgIpc) is 2.35. The van der Waals surface area contributed by atoms with Gasteiger partial charge in [0.2, 0.25) is 10.0 Å². The van der Waals surface area contributed by atoms with Gasteiger partial charge in [0.25, 0.3) is 0 Å². The molecule has 2 N–H and O–H groups in total. The van der Waals surface area contributed by atoms with E-state index in [1.165, 1.54) is 0 Å². The molecule has 1 aromatic carbocycles. The second-order valence-electron chi connectivity index (χ2n) is 5.01. The van der Waals surface area contributed by atoms with Gasteiger partial charge in [-0.2, -0.15) is 11.8 Å². The highest BCUT2D eigenvalue weighted by Crippen LogP contribution is 2.21. The van der Waals surface area contributed by atoms with Crippen molar-refractivity contribution in [3.05, 3.63) is 28.8 Å². The Morgan fingerprint density at radius 1 is 1.30 bits per heavy atom. The van der Waals surface area contributed by atoms with Crippen LogP contribution < -0.4 is 4.72 Å². The van der Waals surface area contributed by atoms with Crippen LogP contribution in [0.25, 0.3) is 0 Å². The van der Waals surface area contributed by atoms with Gasteiger partial charge in [0.05, 0.1) is 11.5 Å². The fraction of sp³-hybridized carbons (Fsp3) is 0.571. The van der Waals surface area contributed by atoms with Crippen LogP contribution in [0.15, 0.2) is 17.0 Å². The van der Waals surface area contributed by atoms with Gasteiger partial charge in [-0.1, -0.05) is 6.07 Å². The molecule has 0 aromatic heterocycles. The van der Waals surface area contributed by atoms with Gasteiger partial charge in [-0.05, 0) is 62.0 Å². The molecule has 1 aromatic rings. The molecule has 6 heteroatoms. The second kappa shape index (κ2) is 7.45. The Labute approximate surface area is 126 Å². The fourth-order valence-electron chi connectivity index (χ4n) is 2.02. The van der Waals surface area contributed by atoms with Crippen molar-refractivity contribution in [1.29, 1.82) is 0 Å². The molecule has 20 heavy (non-hydrogen) atoms. The zero-order valence-electron chi connectivity index (χ0n) is 12.4. The van der Waals surface area contributed by atoms with Gasteiger partial charge in [0, 0.05) is 6.04 Å². The predicted molar refractivity (Wildman–Crippen MR) is 84.6 cm³/mol. The lowest BCUT2D eigenvalue weighted by Crippen LogP contribution is -2.33. The van der Waals surface area contributed by atoms with Gasteiger partial charge in [-0.3, -0.25) is 0 Å². The Hall–Kier alpha value is -0.560. The van der Waals surface area contributed by atoms with E-state index in [1.54, 1.807) is 30.8 Å². The molecule has 0 aliphatic rings. The van der Waals surface area contributed by atoms with E-state index >= 15 is 0 Å². The van der Waals surface area contributed by atoms with E-state index in [-0.39, 0.29) is 17.5 Å². The van der Waals surface area contributed by atoms with E-state index in [0.29, 0.717) is 11.1 Å². The highest BCUT2D eigenvalue weighted by molar-refractivity contribution is 7.98. The van der Waals surface area contributed by atoms with Crippen LogP contribution in [-0.2, 0) is 16.6 Å². The van der Waals surface area contributed by atoms with E-state index in [2.05, 4.69) is 4.72 Å². The highest BCUT2D eigenvalue weighted by atomic mass is 32.2. The molecule has 0 fully saturated rings. The maximum absolute atomic E-state index is 12.4. The van der Waals surface area contributed by atoms with Gasteiger partial charge in [0.15, 0.2) is 0 Å². The fourth-order valence-corrected chi connectivity index (χ4v) is 4.16. The molecule has 0 spiro atoms. The minimum Gasteiger partial charge on any atom is -0.392 e. The maximum atomic E-state index is 12.4. The third-order valence-corrected chi connectivity index (χ3v) is 5.58. The molecule has 0 radical (unpaired) electrons. The summed E-state index contributed by atoms with van der Waals surface area (Å²) >= 11 is 1.70. The number of nitrogens with one attached hydrogen (secondary N) is 1. The van der Waals surface area contributed by atoms with E-state index in [1.807, 2.05) is 20.1 Å². The zero-order chi connectivity index (χ0) is 15.3. The number of sulfonamides is 1. The molecule has 0 aliphatic heterocycles. The summed E-state index contributed by atoms with van der Waals surface area (Å²) in [6, 6.07) is 3.26. The standard InChI is InChI=1S/C14H23NO3S2/c1-10-7-11(2)14(8-13(10)9-16)20(17,18)15-12(3)5-6-19-4/h7-8,12,15-16H,5-6,9H2,1-4H3. The first-order valence-electron chi connectivity index (χ1n) is 6.54. The number of rotatable bonds is 7. The number of hydrogen-bond donors (Lipinski definition) is 2. The van der Waals surface area contributed by atoms with Gasteiger partial charge in [-0.15, -0.1) is 0 Å². The van der Waals surface area contributed by atoms with Crippen molar-refractivity contribution in [3.63, 3.8) is 0 Å². The first kappa shape index (κ1) is 17.5. The highest BCUT2D eigenvalue weighted by Gasteiger charge is 2.20. The molecular weight excluding hydrogens is 294 g/mol. The molecule has 0 saturated carbocycles. The molecular formula is C14H23NO3S2. The molecule has 4 nitrogen and oxygen atoms in total. The van der Waals surface area contributed by atoms with Crippen LogP contribution in [0.4, 0.5) is 0 Å². The van der Waals surface area contributed by atoms with Crippen molar-refractivity contribution >= 4 is 21.8 Å². The Morgan fingerprint density at radius 3 is 2.50 bits per heavy atom. The topological polar surface area (TPSA) is 66.4 Å². The molecule has 114 valence electrons. The summed E-state index contributed by atoms with van der Waals surface area (Å²) in [5.74, 6) is 0.915. The van der Waals surface area contributed by atoms with Gasteiger partial charge >= 0.3 is 0 Å². The zero-order valence-corrected chi connectivity index (χ0v) is 14.1. The first-order chi connectivity index (χ1) is 9.31. The third kappa shape index (κ3) is 4.48. The Balaban J connectivity index is 3.03. The predicted octanol–water partition coefficient (Wildman–Crippen LogP) is 2.22. The normalized spacial score (nSPS) is 13.4. The summed E-state index contributed by atoms with van der Waals surface area (Å²) in [4.78, 5) is 0.253. The van der Waals surface area contributed by atoms with Crippen molar-refractivity contribution in [2.24, 2.45) is 0 Å². The van der Waals surface area contributed by atoms with Gasteiger partial charge in [0.1, 0.15) is 0 Å². The number of hydrogen-bond acceptors (Lipinski definition) is 4. The molecule has 1 unspecified atom stereocenters. The molecule has 1 atom stereocenters. The summed E-state index contributed by atoms with van der Waals surface area (Å²) in [5.41, 5.74) is 2.25. The van der Waals surface area contributed by atoms with Crippen LogP contribution in [-0.4, -0.2) is 31.6 Å². The van der Waals surface area contributed by atoms with Crippen molar-refractivity contribution in [1.82, 2.24) is 4.72 Å². The van der Waals surface area contributed by atoms with Gasteiger partial charge < -0.3 is 5.11 Å². The molecule has 1 rings (SSSR count). The van der Waals surface area contributed by atoms with Crippen LogP contribution in [0.1, 0.15) is 30.0 Å². The van der Waals surface area contributed by atoms with Crippen LogP contribution in [0.2, 0.25) is 0 Å². The Bertz CT molecular complexity index is 556. The summed E-state index contributed by atoms with van der Waals surface area (Å²) < 4.78 is 27.5. The summed E-state index contributed by atoms with van der Waals surface area (Å²) in [5, 5.41) is 9.28. The van der Waals surface area contributed by atoms with E-state index in [9.17, 15) is 13.5 Å². The van der Waals surface area contributed by atoms with Gasteiger partial charge in [-0.25, -0.2) is 13.1 Å². The summed E-state index contributed by atoms with van der Waals surface area (Å²) in [6.07, 6.45) is 2.79. The smallest absolute Gasteiger partial charge is 0.241 e. The Morgan fingerprint density at radius 2 is 1.95 bits per heavy atom. The lowest BCUT2D eigenvalue weighted by molar-refractivity contribution is 0.280. The quantitative estimate of drug-likeness (QED) is 0.809. The van der Waals surface area contributed by atoms with Crippen molar-refractivity contribution < 1.29 is 13.5 Å². The number of aliphatic hydroxyl groups excluding tert-OH is 1. The molecule has 0 heterocycles. The third-order valence-electron chi connectivity index (χ3n) is 3.20. The van der Waals surface area contributed by atoms with Crippen molar-refractivity contribution in [2.75, 3.05) is 12.0 Å². The minimum absolute atomic E-state index is 0.106. The second-order valence-corrected chi connectivity index (χ2v) is 7.67. The van der Waals surface area contributed by atoms with Crippen LogP contribution in [0, 0.1) is 13.8 Å². The van der Waals surface area contributed by atoms with Crippen LogP contribution >= 0.6 is 11.8 Å². The average molecular weight is 317 g/mol. The number of aryl methyl sites for hydroxylation is 2. The van der Waals surface area contributed by atoms with Crippen LogP contribution in [0.3, 0.4) is 0 Å². The molecule has 0 aliphatic carbocycles. The van der Waals surface area contributed by atoms with E-state index in [0.717, 1.165) is 17.7 Å². The first-order valence-corrected chi connectivity index (χ1v) is 9.41. The minimum atomic E-state index is -3.54. The monoisotopic (exact) mass is 317 g/mol. The SMILES string of the molecule is CSCCC(C)NS(=O)(=O)c1cc(CO)c(C)cc1C. The molecule has 0 bridgehead atoms. The molecule has 0 amide bonds. The van der Waals surface area contributed by atoms with E-state index in [4.69, 9.17) is 0 Å². The number of aliphatic hydroxyl groups is 1. The summed E-state index contributed by atoms with van der Waals surface area (Å²) in [7, 11) is -3.54. The molecule has 0 saturated heterocycles. The van der Waals surface area contributed by atoms with Crippen molar-refractivity contribution in [2.45, 2.75) is 44.7 Å². The lowest BCUT2D eigenvalue weighted by atomic mass is 10.1. The van der Waals surface area contributed by atoms with E-state index < -0.39 is 10.0 Å².